The summed E-state index contributed by atoms with van der Waals surface area (Å²) in [7, 11) is 2.00. The number of hydrogen-bond donors (Lipinski definition) is 0. The quantitative estimate of drug-likeness (QED) is 0.0674. The van der Waals surface area contributed by atoms with Crippen molar-refractivity contribution in [1.29, 1.82) is 0 Å². The number of halogens is 29. The molecule has 0 heterocycles. The first-order valence-electron chi connectivity index (χ1n) is 17.7. The van der Waals surface area contributed by atoms with Crippen LogP contribution in [0.1, 0.15) is 0 Å². The first-order valence-corrected chi connectivity index (χ1v) is 18.2. The molecule has 0 saturated heterocycles. The molecule has 0 spiro atoms. The third-order valence-electron chi connectivity index (χ3n) is 10.3. The predicted molar refractivity (Wildman–Crippen MR) is 183 cm³/mol. The Hall–Kier alpha value is -7.27. The molecule has 0 aliphatic rings. The Morgan fingerprint density at radius 3 is 0.333 bits per heavy atom. The van der Waals surface area contributed by atoms with E-state index in [9.17, 15) is 61.5 Å². The summed E-state index contributed by atoms with van der Waals surface area (Å²) in [5.74, 6) is -98.0. The highest BCUT2D eigenvalue weighted by Gasteiger charge is 2.43. The van der Waals surface area contributed by atoms with Crippen molar-refractivity contribution in [2.24, 2.45) is 0 Å². The van der Waals surface area contributed by atoms with Gasteiger partial charge in [0.25, 0.3) is 0 Å². The van der Waals surface area contributed by atoms with Crippen molar-refractivity contribution in [3.05, 3.63) is 169 Å². The molecule has 0 amide bonds. The van der Waals surface area contributed by atoms with Crippen LogP contribution in [0.15, 0.2) is 0 Å². The minimum Gasteiger partial charge on any atom is -0.205 e. The molecule has 0 N–H and O–H groups in total. The van der Waals surface area contributed by atoms with Gasteiger partial charge in [0.05, 0.1) is 77.0 Å². The summed E-state index contributed by atoms with van der Waals surface area (Å²) >= 11 is 0. The second kappa shape index (κ2) is 17.8. The van der Waals surface area contributed by atoms with Crippen molar-refractivity contribution in [2.75, 3.05) is 0 Å². The van der Waals surface area contributed by atoms with Crippen LogP contribution >= 0.6 is 0 Å². The third kappa shape index (κ3) is 7.00. The first-order chi connectivity index (χ1) is 33.3. The zero-order valence-electron chi connectivity index (χ0n) is 32.5. The van der Waals surface area contributed by atoms with Crippen LogP contribution in [0.3, 0.4) is 0 Å². The van der Waals surface area contributed by atoms with E-state index in [4.69, 9.17) is 0 Å². The van der Waals surface area contributed by atoms with Crippen molar-refractivity contribution in [3.63, 3.8) is 0 Å². The normalized spacial score (nSPS) is 11.8. The summed E-state index contributed by atoms with van der Waals surface area (Å²) in [5, 5.41) is -1.83. The van der Waals surface area contributed by atoms with E-state index in [0.717, 1.165) is 0 Å². The smallest absolute Gasteiger partial charge is 0.200 e. The van der Waals surface area contributed by atoms with Crippen LogP contribution in [-0.2, 0) is 0 Å². The Labute approximate surface area is 378 Å². The lowest BCUT2D eigenvalue weighted by atomic mass is 9.87. The molecule has 0 unspecified atom stereocenters. The lowest BCUT2D eigenvalue weighted by Gasteiger charge is -2.21. The maximum absolute atomic E-state index is 16.7. The average Bonchev–Trinajstić information content (AvgIpc) is 3.34. The van der Waals surface area contributed by atoms with Gasteiger partial charge in [0.1, 0.15) is 17.5 Å². The summed E-state index contributed by atoms with van der Waals surface area (Å²) in [4.78, 5) is 0. The third-order valence-corrected chi connectivity index (χ3v) is 10.7. The van der Waals surface area contributed by atoms with Gasteiger partial charge >= 0.3 is 0 Å². The molecule has 7 aromatic carbocycles. The Morgan fingerprint density at radius 2 is 0.194 bits per heavy atom. The highest BCUT2D eigenvalue weighted by molar-refractivity contribution is 6.32. The van der Waals surface area contributed by atoms with Gasteiger partial charge in [-0.15, -0.1) is 0 Å². The van der Waals surface area contributed by atoms with Gasteiger partial charge in [-0.1, -0.05) is 0 Å². The molecule has 0 bridgehead atoms. The van der Waals surface area contributed by atoms with E-state index in [2.05, 4.69) is 0 Å². The Bertz CT molecular complexity index is 3070. The first kappa shape index (κ1) is 52.5. The summed E-state index contributed by atoms with van der Waals surface area (Å²) in [6.07, 6.45) is 0. The molecule has 375 valence electrons. The number of hydrogen-bond acceptors (Lipinski definition) is 0. The van der Waals surface area contributed by atoms with Gasteiger partial charge in [0, 0.05) is 5.19 Å². The van der Waals surface area contributed by atoms with Crippen LogP contribution in [-0.4, -0.2) is 10.2 Å². The van der Waals surface area contributed by atoms with Crippen molar-refractivity contribution in [2.45, 2.75) is 0 Å². The van der Waals surface area contributed by atoms with E-state index >= 15 is 65.9 Å². The molecule has 0 aliphatic heterocycles. The second-order valence-electron chi connectivity index (χ2n) is 14.0. The van der Waals surface area contributed by atoms with Crippen molar-refractivity contribution >= 4 is 15.4 Å². The largest absolute Gasteiger partial charge is 0.205 e. The molecule has 0 fully saturated rings. The van der Waals surface area contributed by atoms with Gasteiger partial charge in [-0.05, 0) is 0 Å². The average molecular weight is 1080 g/mol. The van der Waals surface area contributed by atoms with Crippen LogP contribution in [0.25, 0.3) is 66.8 Å². The van der Waals surface area contributed by atoms with Gasteiger partial charge in [-0.25, -0.2) is 127 Å². The summed E-state index contributed by atoms with van der Waals surface area (Å²) < 4.78 is 441. The zero-order valence-corrected chi connectivity index (χ0v) is 33.5. The fraction of sp³-hybridized carbons (Fsp3) is 0. The molecular formula is C42F29Si. The molecule has 7 rings (SSSR count). The molecule has 0 saturated carbocycles. The number of benzene rings is 7. The highest BCUT2D eigenvalue weighted by atomic mass is 28.1. The lowest BCUT2D eigenvalue weighted by Crippen LogP contribution is -2.20. The van der Waals surface area contributed by atoms with Gasteiger partial charge in [-0.3, -0.25) is 0 Å². The van der Waals surface area contributed by atoms with Crippen molar-refractivity contribution in [3.8, 4) is 66.8 Å². The van der Waals surface area contributed by atoms with Gasteiger partial charge in [0.2, 0.25) is 11.6 Å². The SMILES string of the molecule is Fc1c(F)c(F)c(-c2c(F)c(F)c(-c3c(F)c(-c4c(F)c(F)c(-c5c(F)c(F)c(F)c(F)c5F)c(F)c4F)c(F)c(-c4c(F)c(F)c(-c5c(F)c(F)c([Si])c(F)c5F)c(F)c4F)c3F)c(F)c2F)c(F)c1F. The van der Waals surface area contributed by atoms with Crippen LogP contribution in [0, 0.1) is 169 Å². The minimum atomic E-state index is -3.75. The van der Waals surface area contributed by atoms with E-state index in [1.54, 1.807) is 0 Å². The molecule has 30 heteroatoms. The Morgan fingerprint density at radius 1 is 0.111 bits per heavy atom. The van der Waals surface area contributed by atoms with E-state index in [1.165, 1.54) is 0 Å². The standard InChI is InChI=1S/C42F29Si/c43-13-1(4-16(46)22(52)7(23(53)17(4)47)10-28(58)34(64)38(68)35(65)29(10)59)14(44)3(6-20(50)26(56)9(27(57)21(6)51)12-32(62)40(70)42(72)41(71)33(12)63)15(45)2(13)5-18(48)24(54)8(25(55)19(5)49)11-30(60)36(66)39(69)37(67)31(11)61. The topological polar surface area (TPSA) is 0 Å². The molecular weight excluding hydrogens is 1080 g/mol. The van der Waals surface area contributed by atoms with E-state index in [-0.39, 0.29) is 0 Å². The molecule has 0 atom stereocenters. The Kier molecular flexibility index (Phi) is 13.0. The van der Waals surface area contributed by atoms with Crippen molar-refractivity contribution in [1.82, 2.24) is 0 Å². The van der Waals surface area contributed by atoms with E-state index < -0.39 is 241 Å². The second-order valence-corrected chi connectivity index (χ2v) is 14.5. The van der Waals surface area contributed by atoms with E-state index in [1.807, 2.05) is 10.2 Å². The lowest BCUT2D eigenvalue weighted by molar-refractivity contribution is 0.379. The monoisotopic (exact) mass is 1080 g/mol. The van der Waals surface area contributed by atoms with Crippen LogP contribution < -0.4 is 5.19 Å². The highest BCUT2D eigenvalue weighted by Crippen LogP contribution is 2.51. The molecule has 7 aromatic rings. The van der Waals surface area contributed by atoms with Crippen LogP contribution in [0.2, 0.25) is 0 Å². The number of rotatable bonds is 6. The molecule has 72 heavy (non-hydrogen) atoms. The zero-order chi connectivity index (χ0) is 54.2. The van der Waals surface area contributed by atoms with Gasteiger partial charge in [-0.2, -0.15) is 0 Å². The maximum atomic E-state index is 16.7. The van der Waals surface area contributed by atoms with Crippen LogP contribution in [0.5, 0.6) is 0 Å². The maximum Gasteiger partial charge on any atom is 0.200 e. The molecule has 0 aromatic heterocycles. The van der Waals surface area contributed by atoms with Crippen molar-refractivity contribution < 1.29 is 127 Å². The minimum absolute atomic E-state index is 1.83. The van der Waals surface area contributed by atoms with E-state index in [0.29, 0.717) is 0 Å². The Balaban J connectivity index is 1.70. The molecule has 0 aliphatic carbocycles. The summed E-state index contributed by atoms with van der Waals surface area (Å²) in [5.41, 5.74) is -38.2. The summed E-state index contributed by atoms with van der Waals surface area (Å²) in [6.45, 7) is 0. The predicted octanol–water partition coefficient (Wildman–Crippen LogP) is 14.5. The fourth-order valence-corrected chi connectivity index (χ4v) is 7.25. The molecule has 3 radical (unpaired) electrons. The fourth-order valence-electron chi connectivity index (χ4n) is 7.03. The summed E-state index contributed by atoms with van der Waals surface area (Å²) in [6, 6.07) is 0. The molecule has 0 nitrogen and oxygen atoms in total. The van der Waals surface area contributed by atoms with Gasteiger partial charge in [0.15, 0.2) is 140 Å². The van der Waals surface area contributed by atoms with Gasteiger partial charge < -0.3 is 0 Å². The van der Waals surface area contributed by atoms with Crippen LogP contribution in [0.4, 0.5) is 127 Å².